The SMILES string of the molecule is CC1CCCCN1S(=O)(=O)c1ccc(C(=O)N(Cc2cccs2)C2CC2)cc1. The lowest BCUT2D eigenvalue weighted by Gasteiger charge is -2.32. The van der Waals surface area contributed by atoms with Gasteiger partial charge in [0.2, 0.25) is 10.0 Å². The Kier molecular flexibility index (Phi) is 5.58. The molecule has 1 saturated carbocycles. The smallest absolute Gasteiger partial charge is 0.254 e. The second-order valence-corrected chi connectivity index (χ2v) is 10.7. The summed E-state index contributed by atoms with van der Waals surface area (Å²) in [6.45, 7) is 3.15. The molecule has 2 heterocycles. The van der Waals surface area contributed by atoms with Crippen LogP contribution in [0, 0.1) is 0 Å². The lowest BCUT2D eigenvalue weighted by atomic mass is 10.1. The molecule has 1 saturated heterocycles. The second kappa shape index (κ2) is 7.97. The van der Waals surface area contributed by atoms with Gasteiger partial charge in [0.05, 0.1) is 11.4 Å². The summed E-state index contributed by atoms with van der Waals surface area (Å²) >= 11 is 1.65. The minimum atomic E-state index is -3.51. The summed E-state index contributed by atoms with van der Waals surface area (Å²) in [4.78, 5) is 16.4. The first-order valence-electron chi connectivity index (χ1n) is 9.92. The van der Waals surface area contributed by atoms with Crippen LogP contribution in [0.4, 0.5) is 0 Å². The van der Waals surface area contributed by atoms with Crippen LogP contribution in [-0.4, -0.2) is 42.2 Å². The van der Waals surface area contributed by atoms with E-state index in [9.17, 15) is 13.2 Å². The van der Waals surface area contributed by atoms with E-state index in [2.05, 4.69) is 0 Å². The molecular formula is C21H26N2O3S2. The first-order chi connectivity index (χ1) is 13.5. The zero-order valence-electron chi connectivity index (χ0n) is 16.1. The van der Waals surface area contributed by atoms with Gasteiger partial charge in [0, 0.05) is 29.1 Å². The summed E-state index contributed by atoms with van der Waals surface area (Å²) in [6.07, 6.45) is 4.95. The number of thiophene rings is 1. The molecular weight excluding hydrogens is 392 g/mol. The van der Waals surface area contributed by atoms with Crippen molar-refractivity contribution in [2.75, 3.05) is 6.54 Å². The highest BCUT2D eigenvalue weighted by molar-refractivity contribution is 7.89. The van der Waals surface area contributed by atoms with Gasteiger partial charge >= 0.3 is 0 Å². The topological polar surface area (TPSA) is 57.7 Å². The van der Waals surface area contributed by atoms with Crippen molar-refractivity contribution in [3.63, 3.8) is 0 Å². The van der Waals surface area contributed by atoms with E-state index in [1.165, 1.54) is 4.88 Å². The maximum atomic E-state index is 13.0. The van der Waals surface area contributed by atoms with Gasteiger partial charge in [-0.05, 0) is 68.3 Å². The van der Waals surface area contributed by atoms with Crippen LogP contribution in [-0.2, 0) is 16.6 Å². The summed E-state index contributed by atoms with van der Waals surface area (Å²) in [5.74, 6) is -0.0220. The molecule has 4 rings (SSSR count). The van der Waals surface area contributed by atoms with Gasteiger partial charge in [-0.25, -0.2) is 8.42 Å². The first kappa shape index (κ1) is 19.6. The molecule has 2 aromatic rings. The molecule has 1 amide bonds. The van der Waals surface area contributed by atoms with E-state index in [-0.39, 0.29) is 16.8 Å². The Bertz CT molecular complexity index is 919. The number of sulfonamides is 1. The largest absolute Gasteiger partial charge is 0.331 e. The minimum absolute atomic E-state index is 0.0220. The minimum Gasteiger partial charge on any atom is -0.331 e. The number of amides is 1. The van der Waals surface area contributed by atoms with Crippen LogP contribution in [0.25, 0.3) is 0 Å². The highest BCUT2D eigenvalue weighted by Crippen LogP contribution is 2.31. The molecule has 1 atom stereocenters. The van der Waals surface area contributed by atoms with E-state index in [1.807, 2.05) is 29.3 Å². The number of piperidine rings is 1. The number of nitrogens with zero attached hydrogens (tertiary/aromatic N) is 2. The Labute approximate surface area is 171 Å². The van der Waals surface area contributed by atoms with E-state index < -0.39 is 10.0 Å². The normalized spacial score (nSPS) is 20.8. The Hall–Kier alpha value is -1.70. The van der Waals surface area contributed by atoms with Crippen molar-refractivity contribution in [2.24, 2.45) is 0 Å². The van der Waals surface area contributed by atoms with Crippen molar-refractivity contribution in [1.82, 2.24) is 9.21 Å². The van der Waals surface area contributed by atoms with Crippen LogP contribution in [0.3, 0.4) is 0 Å². The molecule has 0 bridgehead atoms. The maximum Gasteiger partial charge on any atom is 0.254 e. The molecule has 150 valence electrons. The number of carbonyl (C=O) groups excluding carboxylic acids is 1. The summed E-state index contributed by atoms with van der Waals surface area (Å²) in [7, 11) is -3.51. The standard InChI is InChI=1S/C21H26N2O3S2/c1-16-5-2-3-13-23(16)28(25,26)20-11-7-17(8-12-20)21(24)22(18-9-10-18)15-19-6-4-14-27-19/h4,6-8,11-12,14,16,18H,2-3,5,9-10,13,15H2,1H3. The van der Waals surface area contributed by atoms with Crippen molar-refractivity contribution in [3.05, 3.63) is 52.2 Å². The van der Waals surface area contributed by atoms with Gasteiger partial charge < -0.3 is 4.90 Å². The van der Waals surface area contributed by atoms with Gasteiger partial charge in [0.25, 0.3) is 5.91 Å². The summed E-state index contributed by atoms with van der Waals surface area (Å²) < 4.78 is 27.5. The fraction of sp³-hybridized carbons (Fsp3) is 0.476. The molecule has 2 fully saturated rings. The van der Waals surface area contributed by atoms with Crippen LogP contribution in [0.15, 0.2) is 46.7 Å². The first-order valence-corrected chi connectivity index (χ1v) is 12.2. The average molecular weight is 419 g/mol. The van der Waals surface area contributed by atoms with Gasteiger partial charge in [0.1, 0.15) is 0 Å². The molecule has 0 spiro atoms. The molecule has 1 aromatic carbocycles. The Morgan fingerprint density at radius 1 is 1.14 bits per heavy atom. The molecule has 0 N–H and O–H groups in total. The van der Waals surface area contributed by atoms with Crippen LogP contribution >= 0.6 is 11.3 Å². The molecule has 5 nitrogen and oxygen atoms in total. The monoisotopic (exact) mass is 418 g/mol. The van der Waals surface area contributed by atoms with Gasteiger partial charge in [-0.1, -0.05) is 12.5 Å². The highest BCUT2D eigenvalue weighted by atomic mass is 32.2. The van der Waals surface area contributed by atoms with E-state index >= 15 is 0 Å². The third-order valence-electron chi connectivity index (χ3n) is 5.60. The molecule has 1 aliphatic carbocycles. The summed E-state index contributed by atoms with van der Waals surface area (Å²) in [5, 5.41) is 2.02. The van der Waals surface area contributed by atoms with E-state index in [1.54, 1.807) is 39.9 Å². The Morgan fingerprint density at radius 3 is 2.50 bits per heavy atom. The van der Waals surface area contributed by atoms with Crippen molar-refractivity contribution in [3.8, 4) is 0 Å². The summed E-state index contributed by atoms with van der Waals surface area (Å²) in [6, 6.07) is 10.9. The lowest BCUT2D eigenvalue weighted by molar-refractivity contribution is 0.0731. The zero-order chi connectivity index (χ0) is 19.7. The molecule has 1 aromatic heterocycles. The Morgan fingerprint density at radius 2 is 1.89 bits per heavy atom. The number of carbonyl (C=O) groups is 1. The predicted molar refractivity (Wildman–Crippen MR) is 111 cm³/mol. The number of hydrogen-bond donors (Lipinski definition) is 0. The maximum absolute atomic E-state index is 13.0. The van der Waals surface area contributed by atoms with Gasteiger partial charge in [-0.15, -0.1) is 11.3 Å². The zero-order valence-corrected chi connectivity index (χ0v) is 17.7. The van der Waals surface area contributed by atoms with Crippen LogP contribution in [0.1, 0.15) is 54.3 Å². The van der Waals surface area contributed by atoms with Gasteiger partial charge in [-0.3, -0.25) is 4.79 Å². The Balaban J connectivity index is 1.52. The van der Waals surface area contributed by atoms with Crippen molar-refractivity contribution < 1.29 is 13.2 Å². The number of hydrogen-bond acceptors (Lipinski definition) is 4. The third-order valence-corrected chi connectivity index (χ3v) is 8.49. The molecule has 28 heavy (non-hydrogen) atoms. The quantitative estimate of drug-likeness (QED) is 0.709. The van der Waals surface area contributed by atoms with Crippen molar-refractivity contribution in [1.29, 1.82) is 0 Å². The van der Waals surface area contributed by atoms with Gasteiger partial charge in [-0.2, -0.15) is 4.31 Å². The lowest BCUT2D eigenvalue weighted by Crippen LogP contribution is -2.41. The fourth-order valence-corrected chi connectivity index (χ4v) is 6.23. The highest BCUT2D eigenvalue weighted by Gasteiger charge is 2.34. The fourth-order valence-electron chi connectivity index (χ4n) is 3.82. The number of benzene rings is 1. The third kappa shape index (κ3) is 4.02. The molecule has 7 heteroatoms. The van der Waals surface area contributed by atoms with Crippen molar-refractivity contribution in [2.45, 2.75) is 62.6 Å². The molecule has 1 aliphatic heterocycles. The van der Waals surface area contributed by atoms with E-state index in [0.29, 0.717) is 24.7 Å². The molecule has 2 aliphatic rings. The van der Waals surface area contributed by atoms with E-state index in [0.717, 1.165) is 32.1 Å². The predicted octanol–water partition coefficient (Wildman–Crippen LogP) is 4.12. The molecule has 1 unspecified atom stereocenters. The average Bonchev–Trinajstić information content (AvgIpc) is 3.41. The van der Waals surface area contributed by atoms with Gasteiger partial charge in [0.15, 0.2) is 0 Å². The summed E-state index contributed by atoms with van der Waals surface area (Å²) in [5.41, 5.74) is 0.550. The number of rotatable bonds is 6. The van der Waals surface area contributed by atoms with Crippen molar-refractivity contribution >= 4 is 27.3 Å². The van der Waals surface area contributed by atoms with Crippen LogP contribution in [0.5, 0.6) is 0 Å². The van der Waals surface area contributed by atoms with Crippen LogP contribution in [0.2, 0.25) is 0 Å². The van der Waals surface area contributed by atoms with E-state index in [4.69, 9.17) is 0 Å². The second-order valence-electron chi connectivity index (χ2n) is 7.73. The van der Waals surface area contributed by atoms with Crippen LogP contribution < -0.4 is 0 Å². The molecule has 0 radical (unpaired) electrons.